The summed E-state index contributed by atoms with van der Waals surface area (Å²) >= 11 is 3.51. The molecule has 0 saturated carbocycles. The Morgan fingerprint density at radius 2 is 1.95 bits per heavy atom. The zero-order valence-corrected chi connectivity index (χ0v) is 13.4. The molecule has 0 bridgehead atoms. The Kier molecular flexibility index (Phi) is 5.22. The Labute approximate surface area is 132 Å². The quantitative estimate of drug-likeness (QED) is 0.832. The average Bonchev–Trinajstić information content (AvgIpc) is 2.53. The van der Waals surface area contributed by atoms with Crippen LogP contribution in [0.4, 0.5) is 5.69 Å². The van der Waals surface area contributed by atoms with Gasteiger partial charge in [0.2, 0.25) is 0 Å². The summed E-state index contributed by atoms with van der Waals surface area (Å²) in [4.78, 5) is 11.7. The highest BCUT2D eigenvalue weighted by Gasteiger charge is 2.11. The van der Waals surface area contributed by atoms with Gasteiger partial charge >= 0.3 is 5.97 Å². The van der Waals surface area contributed by atoms with E-state index in [0.29, 0.717) is 12.1 Å². The van der Waals surface area contributed by atoms with Crippen LogP contribution in [0.5, 0.6) is 5.75 Å². The Morgan fingerprint density at radius 3 is 2.67 bits per heavy atom. The summed E-state index contributed by atoms with van der Waals surface area (Å²) in [5, 5.41) is 3.25. The average molecular weight is 350 g/mol. The molecule has 0 saturated heterocycles. The minimum atomic E-state index is -0.359. The summed E-state index contributed by atoms with van der Waals surface area (Å²) < 4.78 is 11.0. The number of anilines is 1. The molecule has 5 heteroatoms. The zero-order chi connectivity index (χ0) is 15.2. The van der Waals surface area contributed by atoms with E-state index in [-0.39, 0.29) is 5.97 Å². The van der Waals surface area contributed by atoms with Gasteiger partial charge in [-0.15, -0.1) is 0 Å². The first kappa shape index (κ1) is 15.4. The number of carbonyl (C=O) groups excluding carboxylic acids is 1. The van der Waals surface area contributed by atoms with E-state index in [1.54, 1.807) is 19.2 Å². The van der Waals surface area contributed by atoms with E-state index in [0.717, 1.165) is 21.5 Å². The summed E-state index contributed by atoms with van der Waals surface area (Å²) in [5.74, 6) is 0.430. The molecule has 0 radical (unpaired) electrons. The molecule has 0 aliphatic carbocycles. The molecule has 0 aliphatic rings. The van der Waals surface area contributed by atoms with Crippen molar-refractivity contribution < 1.29 is 14.3 Å². The van der Waals surface area contributed by atoms with Gasteiger partial charge in [0.1, 0.15) is 5.75 Å². The molecule has 0 heterocycles. The third-order valence-electron chi connectivity index (χ3n) is 3.05. The number of benzene rings is 2. The Hall–Kier alpha value is -2.01. The lowest BCUT2D eigenvalue weighted by Crippen LogP contribution is -2.08. The van der Waals surface area contributed by atoms with Crippen LogP contribution < -0.4 is 10.1 Å². The van der Waals surface area contributed by atoms with Crippen molar-refractivity contribution in [1.82, 2.24) is 0 Å². The fourth-order valence-electron chi connectivity index (χ4n) is 1.93. The van der Waals surface area contributed by atoms with Crippen molar-refractivity contribution in [3.8, 4) is 5.75 Å². The molecule has 0 fully saturated rings. The predicted molar refractivity (Wildman–Crippen MR) is 85.8 cm³/mol. The highest BCUT2D eigenvalue weighted by Crippen LogP contribution is 2.24. The largest absolute Gasteiger partial charge is 0.497 e. The van der Waals surface area contributed by atoms with Gasteiger partial charge in [-0.25, -0.2) is 4.79 Å². The van der Waals surface area contributed by atoms with Crippen molar-refractivity contribution in [3.63, 3.8) is 0 Å². The molecule has 0 atom stereocenters. The second-order valence-electron chi connectivity index (χ2n) is 4.35. The van der Waals surface area contributed by atoms with Gasteiger partial charge in [-0.2, -0.15) is 0 Å². The molecule has 1 N–H and O–H groups in total. The zero-order valence-electron chi connectivity index (χ0n) is 11.9. The Balaban J connectivity index is 2.19. The number of methoxy groups -OCH3 is 2. The molecule has 21 heavy (non-hydrogen) atoms. The number of halogens is 1. The molecular weight excluding hydrogens is 334 g/mol. The smallest absolute Gasteiger partial charge is 0.339 e. The van der Waals surface area contributed by atoms with E-state index in [2.05, 4.69) is 21.2 Å². The van der Waals surface area contributed by atoms with Crippen LogP contribution in [-0.4, -0.2) is 20.2 Å². The van der Waals surface area contributed by atoms with E-state index in [9.17, 15) is 4.79 Å². The summed E-state index contributed by atoms with van der Waals surface area (Å²) in [5.41, 5.74) is 2.28. The molecule has 0 aliphatic heterocycles. The monoisotopic (exact) mass is 349 g/mol. The van der Waals surface area contributed by atoms with Gasteiger partial charge in [-0.05, 0) is 35.9 Å². The van der Waals surface area contributed by atoms with Gasteiger partial charge in [0.15, 0.2) is 0 Å². The SMILES string of the molecule is COC(=O)c1ccccc1NCc1cc(OC)ccc1Br. The van der Waals surface area contributed by atoms with Crippen LogP contribution >= 0.6 is 15.9 Å². The fourth-order valence-corrected chi connectivity index (χ4v) is 2.32. The maximum atomic E-state index is 11.7. The van der Waals surface area contributed by atoms with Crippen LogP contribution in [0.15, 0.2) is 46.9 Å². The minimum Gasteiger partial charge on any atom is -0.497 e. The number of rotatable bonds is 5. The number of carbonyl (C=O) groups is 1. The number of hydrogen-bond acceptors (Lipinski definition) is 4. The normalized spacial score (nSPS) is 10.0. The first-order valence-corrected chi connectivity index (χ1v) is 7.18. The van der Waals surface area contributed by atoms with Crippen molar-refractivity contribution in [2.24, 2.45) is 0 Å². The topological polar surface area (TPSA) is 47.6 Å². The van der Waals surface area contributed by atoms with Crippen LogP contribution in [0.3, 0.4) is 0 Å². The summed E-state index contributed by atoms with van der Waals surface area (Å²) in [6.45, 7) is 0.561. The molecule has 2 aromatic carbocycles. The molecular formula is C16H16BrNO3. The van der Waals surface area contributed by atoms with Crippen LogP contribution in [0, 0.1) is 0 Å². The fraction of sp³-hybridized carbons (Fsp3) is 0.188. The van der Waals surface area contributed by atoms with Gasteiger partial charge in [0.25, 0.3) is 0 Å². The molecule has 0 aromatic heterocycles. The standard InChI is InChI=1S/C16H16BrNO3/c1-20-12-7-8-14(17)11(9-12)10-18-15-6-4-3-5-13(15)16(19)21-2/h3-9,18H,10H2,1-2H3. The Morgan fingerprint density at radius 1 is 1.19 bits per heavy atom. The molecule has 2 aromatic rings. The molecule has 2 rings (SSSR count). The molecule has 0 unspecified atom stereocenters. The number of para-hydroxylation sites is 1. The van der Waals surface area contributed by atoms with Gasteiger partial charge in [0, 0.05) is 16.7 Å². The summed E-state index contributed by atoms with van der Waals surface area (Å²) in [6, 6.07) is 13.0. The van der Waals surface area contributed by atoms with Crippen molar-refractivity contribution >= 4 is 27.6 Å². The highest BCUT2D eigenvalue weighted by molar-refractivity contribution is 9.10. The Bertz CT molecular complexity index is 643. The van der Waals surface area contributed by atoms with Crippen LogP contribution in [0.2, 0.25) is 0 Å². The van der Waals surface area contributed by atoms with Crippen LogP contribution in [0.25, 0.3) is 0 Å². The maximum absolute atomic E-state index is 11.7. The van der Waals surface area contributed by atoms with Gasteiger partial charge in [-0.3, -0.25) is 0 Å². The van der Waals surface area contributed by atoms with Crippen LogP contribution in [0.1, 0.15) is 15.9 Å². The van der Waals surface area contributed by atoms with Gasteiger partial charge in [-0.1, -0.05) is 28.1 Å². The first-order valence-electron chi connectivity index (χ1n) is 6.39. The molecule has 4 nitrogen and oxygen atoms in total. The van der Waals surface area contributed by atoms with Crippen molar-refractivity contribution in [3.05, 3.63) is 58.1 Å². The molecule has 0 amide bonds. The molecule has 110 valence electrons. The lowest BCUT2D eigenvalue weighted by molar-refractivity contribution is 0.0602. The number of ether oxygens (including phenoxy) is 2. The second-order valence-corrected chi connectivity index (χ2v) is 5.20. The lowest BCUT2D eigenvalue weighted by Gasteiger charge is -2.12. The van der Waals surface area contributed by atoms with Gasteiger partial charge < -0.3 is 14.8 Å². The summed E-state index contributed by atoms with van der Waals surface area (Å²) in [6.07, 6.45) is 0. The first-order chi connectivity index (χ1) is 10.2. The number of nitrogens with one attached hydrogen (secondary N) is 1. The van der Waals surface area contributed by atoms with E-state index in [4.69, 9.17) is 9.47 Å². The van der Waals surface area contributed by atoms with E-state index < -0.39 is 0 Å². The van der Waals surface area contributed by atoms with Gasteiger partial charge in [0.05, 0.1) is 19.8 Å². The van der Waals surface area contributed by atoms with Crippen molar-refractivity contribution in [1.29, 1.82) is 0 Å². The van der Waals surface area contributed by atoms with Crippen molar-refractivity contribution in [2.75, 3.05) is 19.5 Å². The van der Waals surface area contributed by atoms with E-state index >= 15 is 0 Å². The number of hydrogen-bond donors (Lipinski definition) is 1. The third-order valence-corrected chi connectivity index (χ3v) is 3.83. The van der Waals surface area contributed by atoms with E-state index in [1.807, 2.05) is 30.3 Å². The summed E-state index contributed by atoms with van der Waals surface area (Å²) in [7, 11) is 3.00. The van der Waals surface area contributed by atoms with E-state index in [1.165, 1.54) is 7.11 Å². The van der Waals surface area contributed by atoms with Crippen molar-refractivity contribution in [2.45, 2.75) is 6.54 Å². The molecule has 0 spiro atoms. The third kappa shape index (κ3) is 3.76. The maximum Gasteiger partial charge on any atom is 0.339 e. The van der Waals surface area contributed by atoms with Crippen LogP contribution in [-0.2, 0) is 11.3 Å². The second kappa shape index (κ2) is 7.13. The highest BCUT2D eigenvalue weighted by atomic mass is 79.9. The lowest BCUT2D eigenvalue weighted by atomic mass is 10.1. The predicted octanol–water partition coefficient (Wildman–Crippen LogP) is 3.86. The number of esters is 1. The minimum absolute atomic E-state index is 0.359.